The Morgan fingerprint density at radius 1 is 0.300 bits per heavy atom. The molecular formula is C45H29N5. The fraction of sp³-hybridized carbons (Fsp3) is 0. The average molecular weight is 640 g/mol. The molecule has 0 fully saturated rings. The van der Waals surface area contributed by atoms with Crippen LogP contribution in [-0.2, 0) is 0 Å². The van der Waals surface area contributed by atoms with Crippen LogP contribution in [0.1, 0.15) is 5.56 Å². The van der Waals surface area contributed by atoms with E-state index in [9.17, 15) is 5.26 Å². The lowest BCUT2D eigenvalue weighted by Crippen LogP contribution is -2.00. The molecule has 0 saturated heterocycles. The Balaban J connectivity index is 1.16. The standard InChI is InChI=1S/C45H29N5/c46-30-31-12-10-21-39(26-31)45-49-43(35-17-8-3-9-18-35)48-44(50-45)36-24-22-33(23-25-36)37-19-11-20-38(27-37)42-29-40(32-13-4-1-5-14-32)28-41(47-42)34-15-6-2-7-16-34/h1-29H. The minimum absolute atomic E-state index is 0.517. The van der Waals surface area contributed by atoms with Crippen LogP contribution in [-0.4, -0.2) is 19.9 Å². The predicted molar refractivity (Wildman–Crippen MR) is 200 cm³/mol. The highest BCUT2D eigenvalue weighted by Crippen LogP contribution is 2.33. The minimum atomic E-state index is 0.517. The van der Waals surface area contributed by atoms with Crippen molar-refractivity contribution in [3.8, 4) is 85.0 Å². The monoisotopic (exact) mass is 639 g/mol. The molecule has 0 amide bonds. The maximum atomic E-state index is 9.49. The van der Waals surface area contributed by atoms with Gasteiger partial charge in [-0.15, -0.1) is 0 Å². The van der Waals surface area contributed by atoms with Gasteiger partial charge in [0, 0.05) is 27.8 Å². The highest BCUT2D eigenvalue weighted by atomic mass is 15.0. The van der Waals surface area contributed by atoms with Crippen LogP contribution in [0.2, 0.25) is 0 Å². The zero-order chi connectivity index (χ0) is 33.7. The Hall–Kier alpha value is -7.03. The van der Waals surface area contributed by atoms with Gasteiger partial charge in [-0.05, 0) is 52.6 Å². The van der Waals surface area contributed by atoms with Crippen molar-refractivity contribution >= 4 is 0 Å². The molecular weight excluding hydrogens is 611 g/mol. The second kappa shape index (κ2) is 13.6. The first kappa shape index (κ1) is 30.3. The van der Waals surface area contributed by atoms with E-state index in [4.69, 9.17) is 19.9 Å². The zero-order valence-electron chi connectivity index (χ0n) is 27.0. The SMILES string of the molecule is N#Cc1cccc(-c2nc(-c3ccccc3)nc(-c3ccc(-c4cccc(-c5cc(-c6ccccc6)cc(-c6ccccc6)n5)c4)cc3)n2)c1. The summed E-state index contributed by atoms with van der Waals surface area (Å²) >= 11 is 0. The summed E-state index contributed by atoms with van der Waals surface area (Å²) < 4.78 is 0. The smallest absolute Gasteiger partial charge is 0.164 e. The molecule has 8 rings (SSSR count). The number of nitriles is 1. The molecule has 0 atom stereocenters. The van der Waals surface area contributed by atoms with Gasteiger partial charge in [0.05, 0.1) is 23.0 Å². The third-order valence-electron chi connectivity index (χ3n) is 8.55. The maximum absolute atomic E-state index is 9.49. The first-order valence-electron chi connectivity index (χ1n) is 16.4. The summed E-state index contributed by atoms with van der Waals surface area (Å²) in [6.45, 7) is 0. The Morgan fingerprint density at radius 3 is 1.38 bits per heavy atom. The Labute approximate surface area is 290 Å². The predicted octanol–water partition coefficient (Wildman–Crippen LogP) is 10.8. The largest absolute Gasteiger partial charge is 0.248 e. The van der Waals surface area contributed by atoms with Crippen LogP contribution >= 0.6 is 0 Å². The van der Waals surface area contributed by atoms with Crippen LogP contribution in [0, 0.1) is 11.3 Å². The van der Waals surface area contributed by atoms with Gasteiger partial charge in [-0.1, -0.05) is 146 Å². The molecule has 234 valence electrons. The molecule has 0 radical (unpaired) electrons. The van der Waals surface area contributed by atoms with Crippen LogP contribution in [0.4, 0.5) is 0 Å². The van der Waals surface area contributed by atoms with E-state index in [1.807, 2.05) is 78.9 Å². The fourth-order valence-electron chi connectivity index (χ4n) is 5.98. The maximum Gasteiger partial charge on any atom is 0.164 e. The van der Waals surface area contributed by atoms with Gasteiger partial charge in [-0.3, -0.25) is 0 Å². The molecule has 2 aromatic heterocycles. The molecule has 0 N–H and O–H groups in total. The van der Waals surface area contributed by atoms with Crippen LogP contribution in [0.5, 0.6) is 0 Å². The van der Waals surface area contributed by atoms with E-state index >= 15 is 0 Å². The molecule has 2 heterocycles. The summed E-state index contributed by atoms with van der Waals surface area (Å²) in [5.74, 6) is 1.65. The lowest BCUT2D eigenvalue weighted by molar-refractivity contribution is 1.07. The average Bonchev–Trinajstić information content (AvgIpc) is 3.21. The number of pyridine rings is 1. The zero-order valence-corrected chi connectivity index (χ0v) is 27.0. The van der Waals surface area contributed by atoms with Gasteiger partial charge in [0.15, 0.2) is 17.5 Å². The topological polar surface area (TPSA) is 75.3 Å². The molecule has 0 unspecified atom stereocenters. The second-order valence-electron chi connectivity index (χ2n) is 11.9. The van der Waals surface area contributed by atoms with Crippen LogP contribution in [0.25, 0.3) is 78.9 Å². The molecule has 0 aliphatic rings. The Bertz CT molecular complexity index is 2410. The number of nitrogens with zero attached hydrogens (tertiary/aromatic N) is 5. The van der Waals surface area contributed by atoms with Crippen molar-refractivity contribution in [1.82, 2.24) is 19.9 Å². The van der Waals surface area contributed by atoms with Gasteiger partial charge in [0.25, 0.3) is 0 Å². The highest BCUT2D eigenvalue weighted by Gasteiger charge is 2.14. The Kier molecular flexibility index (Phi) is 8.25. The van der Waals surface area contributed by atoms with Crippen molar-refractivity contribution in [2.24, 2.45) is 0 Å². The van der Waals surface area contributed by atoms with E-state index in [1.165, 1.54) is 0 Å². The van der Waals surface area contributed by atoms with Gasteiger partial charge >= 0.3 is 0 Å². The summed E-state index contributed by atoms with van der Waals surface area (Å²) in [6.07, 6.45) is 0. The minimum Gasteiger partial charge on any atom is -0.248 e. The van der Waals surface area contributed by atoms with E-state index in [-0.39, 0.29) is 0 Å². The van der Waals surface area contributed by atoms with Crippen LogP contribution in [0.3, 0.4) is 0 Å². The third kappa shape index (κ3) is 6.42. The van der Waals surface area contributed by atoms with E-state index in [2.05, 4.69) is 91.0 Å². The first-order valence-corrected chi connectivity index (χ1v) is 16.4. The summed E-state index contributed by atoms with van der Waals surface area (Å²) in [4.78, 5) is 19.6. The molecule has 5 nitrogen and oxygen atoms in total. The van der Waals surface area contributed by atoms with E-state index in [1.54, 1.807) is 12.1 Å². The van der Waals surface area contributed by atoms with E-state index in [0.29, 0.717) is 23.0 Å². The molecule has 0 aliphatic carbocycles. The van der Waals surface area contributed by atoms with Gasteiger partial charge in [-0.25, -0.2) is 19.9 Å². The summed E-state index contributed by atoms with van der Waals surface area (Å²) in [5, 5.41) is 9.49. The molecule has 0 aliphatic heterocycles. The molecule has 0 saturated carbocycles. The van der Waals surface area contributed by atoms with Gasteiger partial charge in [0.2, 0.25) is 0 Å². The van der Waals surface area contributed by atoms with Crippen LogP contribution < -0.4 is 0 Å². The molecule has 0 spiro atoms. The number of hydrogen-bond acceptors (Lipinski definition) is 5. The first-order chi connectivity index (χ1) is 24.7. The lowest BCUT2D eigenvalue weighted by atomic mass is 9.97. The second-order valence-corrected chi connectivity index (χ2v) is 11.9. The summed E-state index contributed by atoms with van der Waals surface area (Å²) in [5.41, 5.74) is 11.4. The van der Waals surface area contributed by atoms with E-state index in [0.717, 1.165) is 61.5 Å². The van der Waals surface area contributed by atoms with Gasteiger partial charge in [-0.2, -0.15) is 5.26 Å². The number of benzene rings is 6. The highest BCUT2D eigenvalue weighted by molar-refractivity contribution is 5.79. The fourth-order valence-corrected chi connectivity index (χ4v) is 5.98. The lowest BCUT2D eigenvalue weighted by Gasteiger charge is -2.12. The van der Waals surface area contributed by atoms with Crippen molar-refractivity contribution in [3.63, 3.8) is 0 Å². The molecule has 50 heavy (non-hydrogen) atoms. The van der Waals surface area contributed by atoms with E-state index < -0.39 is 0 Å². The normalized spacial score (nSPS) is 10.8. The van der Waals surface area contributed by atoms with Crippen molar-refractivity contribution in [1.29, 1.82) is 5.26 Å². The molecule has 6 aromatic carbocycles. The van der Waals surface area contributed by atoms with Crippen molar-refractivity contribution in [2.75, 3.05) is 0 Å². The number of aromatic nitrogens is 4. The molecule has 0 bridgehead atoms. The number of rotatable bonds is 7. The quantitative estimate of drug-likeness (QED) is 0.173. The van der Waals surface area contributed by atoms with Crippen molar-refractivity contribution < 1.29 is 0 Å². The third-order valence-corrected chi connectivity index (χ3v) is 8.55. The van der Waals surface area contributed by atoms with Crippen molar-refractivity contribution in [3.05, 3.63) is 181 Å². The van der Waals surface area contributed by atoms with Crippen LogP contribution in [0.15, 0.2) is 176 Å². The van der Waals surface area contributed by atoms with Gasteiger partial charge in [0.1, 0.15) is 0 Å². The van der Waals surface area contributed by atoms with Crippen molar-refractivity contribution in [2.45, 2.75) is 0 Å². The Morgan fingerprint density at radius 2 is 0.740 bits per heavy atom. The summed E-state index contributed by atoms with van der Waals surface area (Å²) in [6, 6.07) is 61.3. The number of hydrogen-bond donors (Lipinski definition) is 0. The summed E-state index contributed by atoms with van der Waals surface area (Å²) in [7, 11) is 0. The molecule has 8 aromatic rings. The molecule has 5 heteroatoms. The van der Waals surface area contributed by atoms with Gasteiger partial charge < -0.3 is 0 Å².